The second-order valence-corrected chi connectivity index (χ2v) is 9.64. The number of hydrogen-bond donors (Lipinski definition) is 1. The number of fused-ring (bicyclic) bond motifs is 1. The van der Waals surface area contributed by atoms with Gasteiger partial charge in [-0.3, -0.25) is 4.68 Å². The molecule has 9 nitrogen and oxygen atoms in total. The number of likely N-dealkylation sites (tertiary alicyclic amines) is 1. The molecule has 0 radical (unpaired) electrons. The van der Waals surface area contributed by atoms with Gasteiger partial charge in [-0.05, 0) is 19.4 Å². The van der Waals surface area contributed by atoms with Crippen molar-refractivity contribution in [2.75, 3.05) is 50.8 Å². The van der Waals surface area contributed by atoms with Gasteiger partial charge in [-0.15, -0.1) is 0 Å². The van der Waals surface area contributed by atoms with Gasteiger partial charge in [0.15, 0.2) is 10.8 Å². The zero-order valence-electron chi connectivity index (χ0n) is 18.8. The number of morpholine rings is 1. The number of hydrogen-bond acceptors (Lipinski definition) is 8. The van der Waals surface area contributed by atoms with Crippen LogP contribution in [0.3, 0.4) is 0 Å². The number of ether oxygens (including phenoxy) is 1. The summed E-state index contributed by atoms with van der Waals surface area (Å²) in [5, 5.41) is 5.72. The number of piperidine rings is 1. The third-order valence-corrected chi connectivity index (χ3v) is 7.78. The Hall–Kier alpha value is -2.82. The Morgan fingerprint density at radius 1 is 1.09 bits per heavy atom. The monoisotopic (exact) mass is 464 g/mol. The largest absolute Gasteiger partial charge is 0.378 e. The van der Waals surface area contributed by atoms with Crippen molar-refractivity contribution < 1.29 is 4.74 Å². The standard InChI is InChI=1S/C23H28N8OS/c1-2-29-5-3-17(4-6-29)31-15-16(11-27-31)18-12-24-22-21(18)28-19(13-25-22)20-14-26-23(33-20)30-7-9-32-10-8-30/h11-15,17H,2-10H2,1H3,(H,24,25). The molecular weight excluding hydrogens is 436 g/mol. The van der Waals surface area contributed by atoms with E-state index in [2.05, 4.69) is 42.6 Å². The van der Waals surface area contributed by atoms with E-state index in [-0.39, 0.29) is 0 Å². The van der Waals surface area contributed by atoms with E-state index in [1.165, 1.54) is 0 Å². The molecule has 0 aliphatic carbocycles. The minimum Gasteiger partial charge on any atom is -0.378 e. The average Bonchev–Trinajstić information content (AvgIpc) is 3.63. The molecule has 6 heterocycles. The summed E-state index contributed by atoms with van der Waals surface area (Å²) in [5.74, 6) is 0. The van der Waals surface area contributed by atoms with Gasteiger partial charge >= 0.3 is 0 Å². The van der Waals surface area contributed by atoms with Crippen LogP contribution in [0.1, 0.15) is 25.8 Å². The molecule has 2 aliphatic heterocycles. The molecule has 0 atom stereocenters. The fourth-order valence-electron chi connectivity index (χ4n) is 4.69. The number of nitrogens with one attached hydrogen (secondary N) is 1. The lowest BCUT2D eigenvalue weighted by Crippen LogP contribution is -2.36. The number of aromatic nitrogens is 6. The number of aromatic amines is 1. The second kappa shape index (κ2) is 8.85. The first kappa shape index (κ1) is 20.8. The number of thiazole rings is 1. The smallest absolute Gasteiger partial charge is 0.186 e. The number of H-pyrrole nitrogens is 1. The Bertz CT molecular complexity index is 1230. The summed E-state index contributed by atoms with van der Waals surface area (Å²) in [5.41, 5.74) is 4.61. The molecule has 0 unspecified atom stereocenters. The Morgan fingerprint density at radius 2 is 1.94 bits per heavy atom. The first-order valence-corrected chi connectivity index (χ1v) is 12.5. The van der Waals surface area contributed by atoms with Gasteiger partial charge in [-0.25, -0.2) is 15.0 Å². The highest BCUT2D eigenvalue weighted by Crippen LogP contribution is 2.33. The van der Waals surface area contributed by atoms with Gasteiger partial charge in [-0.1, -0.05) is 18.3 Å². The Balaban J connectivity index is 1.26. The molecule has 172 valence electrons. The summed E-state index contributed by atoms with van der Waals surface area (Å²) in [6.07, 6.45) is 12.1. The first-order chi connectivity index (χ1) is 16.3. The molecule has 1 N–H and O–H groups in total. The molecule has 0 saturated carbocycles. The van der Waals surface area contributed by atoms with Gasteiger partial charge < -0.3 is 19.5 Å². The maximum atomic E-state index is 5.46. The summed E-state index contributed by atoms with van der Waals surface area (Å²) < 4.78 is 7.59. The van der Waals surface area contributed by atoms with Gasteiger partial charge in [0.25, 0.3) is 0 Å². The van der Waals surface area contributed by atoms with Crippen LogP contribution in [-0.2, 0) is 4.74 Å². The fourth-order valence-corrected chi connectivity index (χ4v) is 5.61. The van der Waals surface area contributed by atoms with Crippen molar-refractivity contribution in [3.8, 4) is 21.7 Å². The van der Waals surface area contributed by atoms with Crippen LogP contribution in [0.2, 0.25) is 0 Å². The minimum absolute atomic E-state index is 0.462. The Kier molecular flexibility index (Phi) is 5.57. The van der Waals surface area contributed by atoms with Crippen molar-refractivity contribution >= 4 is 27.6 Å². The van der Waals surface area contributed by atoms with E-state index in [0.29, 0.717) is 6.04 Å². The van der Waals surface area contributed by atoms with Crippen LogP contribution in [0.15, 0.2) is 31.0 Å². The Labute approximate surface area is 196 Å². The minimum atomic E-state index is 0.462. The molecule has 2 aliphatic rings. The molecule has 10 heteroatoms. The zero-order chi connectivity index (χ0) is 22.2. The van der Waals surface area contributed by atoms with Gasteiger partial charge in [-0.2, -0.15) is 5.10 Å². The topological polar surface area (TPSA) is 88.0 Å². The predicted molar refractivity (Wildman–Crippen MR) is 130 cm³/mol. The van der Waals surface area contributed by atoms with Gasteiger partial charge in [0.1, 0.15) is 11.2 Å². The summed E-state index contributed by atoms with van der Waals surface area (Å²) in [4.78, 5) is 23.3. The van der Waals surface area contributed by atoms with Crippen molar-refractivity contribution in [2.24, 2.45) is 0 Å². The molecule has 4 aromatic heterocycles. The molecular formula is C23H28N8OS. The average molecular weight is 465 g/mol. The normalized spacial score (nSPS) is 18.4. The van der Waals surface area contributed by atoms with Crippen LogP contribution < -0.4 is 4.90 Å². The molecule has 2 fully saturated rings. The maximum Gasteiger partial charge on any atom is 0.186 e. The third kappa shape index (κ3) is 4.03. The van der Waals surface area contributed by atoms with Crippen molar-refractivity contribution in [3.63, 3.8) is 0 Å². The van der Waals surface area contributed by atoms with Gasteiger partial charge in [0.05, 0.1) is 36.5 Å². The zero-order valence-corrected chi connectivity index (χ0v) is 19.6. The summed E-state index contributed by atoms with van der Waals surface area (Å²) in [6, 6.07) is 0.462. The first-order valence-electron chi connectivity index (χ1n) is 11.7. The van der Waals surface area contributed by atoms with E-state index in [1.54, 1.807) is 11.3 Å². The van der Waals surface area contributed by atoms with Gasteiger partial charge in [0.2, 0.25) is 0 Å². The highest BCUT2D eigenvalue weighted by atomic mass is 32.1. The van der Waals surface area contributed by atoms with E-state index in [1.807, 2.05) is 24.8 Å². The molecule has 0 aromatic carbocycles. The molecule has 2 saturated heterocycles. The lowest BCUT2D eigenvalue weighted by Gasteiger charge is -2.31. The fraction of sp³-hybridized carbons (Fsp3) is 0.478. The number of anilines is 1. The van der Waals surface area contributed by atoms with Crippen molar-refractivity contribution in [2.45, 2.75) is 25.8 Å². The van der Waals surface area contributed by atoms with Crippen LogP contribution in [0, 0.1) is 0 Å². The molecule has 0 amide bonds. The van der Waals surface area contributed by atoms with Crippen LogP contribution in [0.25, 0.3) is 32.9 Å². The van der Waals surface area contributed by atoms with Crippen LogP contribution >= 0.6 is 11.3 Å². The quantitative estimate of drug-likeness (QED) is 0.484. The lowest BCUT2D eigenvalue weighted by atomic mass is 10.1. The van der Waals surface area contributed by atoms with Crippen molar-refractivity contribution in [1.82, 2.24) is 34.6 Å². The maximum absolute atomic E-state index is 5.46. The summed E-state index contributed by atoms with van der Waals surface area (Å²) in [7, 11) is 0. The van der Waals surface area contributed by atoms with E-state index < -0.39 is 0 Å². The van der Waals surface area contributed by atoms with Crippen LogP contribution in [0.4, 0.5) is 5.13 Å². The van der Waals surface area contributed by atoms with Crippen LogP contribution in [0.5, 0.6) is 0 Å². The van der Waals surface area contributed by atoms with Crippen LogP contribution in [-0.4, -0.2) is 80.6 Å². The Morgan fingerprint density at radius 3 is 2.76 bits per heavy atom. The van der Waals surface area contributed by atoms with Gasteiger partial charge in [0, 0.05) is 55.9 Å². The molecule has 0 spiro atoms. The lowest BCUT2D eigenvalue weighted by molar-refractivity contribution is 0.122. The van der Waals surface area contributed by atoms with E-state index in [9.17, 15) is 0 Å². The molecule has 33 heavy (non-hydrogen) atoms. The second-order valence-electron chi connectivity index (χ2n) is 8.64. The third-order valence-electron chi connectivity index (χ3n) is 6.70. The summed E-state index contributed by atoms with van der Waals surface area (Å²) in [6.45, 7) is 8.88. The number of nitrogens with zero attached hydrogens (tertiary/aromatic N) is 7. The molecule has 0 bridgehead atoms. The SMILES string of the molecule is CCN1CCC(n2cc(-c3c[nH]c4ncc(-c5cnc(N6CCOCC6)s5)nc34)cn2)CC1. The number of rotatable bonds is 5. The van der Waals surface area contributed by atoms with E-state index in [0.717, 1.165) is 96.8 Å². The predicted octanol–water partition coefficient (Wildman–Crippen LogP) is 3.44. The molecule has 4 aromatic rings. The highest BCUT2D eigenvalue weighted by Gasteiger charge is 2.21. The van der Waals surface area contributed by atoms with E-state index in [4.69, 9.17) is 14.8 Å². The summed E-state index contributed by atoms with van der Waals surface area (Å²) >= 11 is 1.66. The van der Waals surface area contributed by atoms with Crippen molar-refractivity contribution in [3.05, 3.63) is 31.0 Å². The van der Waals surface area contributed by atoms with E-state index >= 15 is 0 Å². The highest BCUT2D eigenvalue weighted by molar-refractivity contribution is 7.18. The van der Waals surface area contributed by atoms with Crippen molar-refractivity contribution in [1.29, 1.82) is 0 Å². The molecule has 6 rings (SSSR count).